The van der Waals surface area contributed by atoms with Crippen LogP contribution in [0.1, 0.15) is 17.9 Å². The fourth-order valence-electron chi connectivity index (χ4n) is 3.64. The zero-order valence-corrected chi connectivity index (χ0v) is 14.0. The average Bonchev–Trinajstić information content (AvgIpc) is 2.98. The number of benzene rings is 2. The Morgan fingerprint density at radius 3 is 2.40 bits per heavy atom. The molecule has 1 fully saturated rings. The number of hydrogen-bond donors (Lipinski definition) is 1. The molecule has 1 N–H and O–H groups in total. The molecule has 0 aromatic heterocycles. The first-order chi connectivity index (χ1) is 12.2. The van der Waals surface area contributed by atoms with Gasteiger partial charge in [0.2, 0.25) is 11.8 Å². The summed E-state index contributed by atoms with van der Waals surface area (Å²) in [7, 11) is 0. The molecule has 0 aliphatic carbocycles. The summed E-state index contributed by atoms with van der Waals surface area (Å²) < 4.78 is 0. The molecule has 2 aliphatic rings. The van der Waals surface area contributed by atoms with Gasteiger partial charge >= 0.3 is 0 Å². The number of fused-ring (bicyclic) bond motifs is 1. The molecule has 2 amide bonds. The smallest absolute Gasteiger partial charge is 0.232 e. The minimum Gasteiger partial charge on any atom is -0.368 e. The van der Waals surface area contributed by atoms with E-state index in [0.29, 0.717) is 13.1 Å². The number of carbonyl (C=O) groups is 2. The third-order valence-electron chi connectivity index (χ3n) is 5.04. The minimum absolute atomic E-state index is 0.0598. The van der Waals surface area contributed by atoms with Crippen LogP contribution in [0.2, 0.25) is 0 Å². The third-order valence-corrected chi connectivity index (χ3v) is 5.04. The fourth-order valence-corrected chi connectivity index (χ4v) is 3.64. The Hall–Kier alpha value is -2.82. The zero-order chi connectivity index (χ0) is 17.2. The lowest BCUT2D eigenvalue weighted by Crippen LogP contribution is -2.49. The van der Waals surface area contributed by atoms with Crippen LogP contribution in [0.5, 0.6) is 0 Å². The third kappa shape index (κ3) is 3.09. The van der Waals surface area contributed by atoms with Crippen LogP contribution in [0, 0.1) is 0 Å². The van der Waals surface area contributed by atoms with Crippen molar-refractivity contribution < 1.29 is 9.59 Å². The predicted molar refractivity (Wildman–Crippen MR) is 97.7 cm³/mol. The van der Waals surface area contributed by atoms with Crippen molar-refractivity contribution >= 4 is 23.2 Å². The molecule has 2 aliphatic heterocycles. The first-order valence-corrected chi connectivity index (χ1v) is 8.70. The summed E-state index contributed by atoms with van der Waals surface area (Å²) in [4.78, 5) is 29.1. The van der Waals surface area contributed by atoms with E-state index in [0.717, 1.165) is 24.3 Å². The molecule has 1 saturated heterocycles. The highest BCUT2D eigenvalue weighted by Crippen LogP contribution is 2.34. The molecule has 5 nitrogen and oxygen atoms in total. The van der Waals surface area contributed by atoms with E-state index < -0.39 is 0 Å². The van der Waals surface area contributed by atoms with E-state index in [9.17, 15) is 9.59 Å². The Kier molecular flexibility index (Phi) is 4.14. The number of hydrogen-bond acceptors (Lipinski definition) is 3. The van der Waals surface area contributed by atoms with Gasteiger partial charge in [0.25, 0.3) is 0 Å². The van der Waals surface area contributed by atoms with E-state index >= 15 is 0 Å². The molecule has 0 saturated carbocycles. The summed E-state index contributed by atoms with van der Waals surface area (Å²) in [5, 5.41) is 2.87. The van der Waals surface area contributed by atoms with Crippen molar-refractivity contribution in [3.05, 3.63) is 60.2 Å². The molecule has 128 valence electrons. The topological polar surface area (TPSA) is 52.7 Å². The molecule has 4 rings (SSSR count). The molecular formula is C20H21N3O2. The standard InChI is InChI=1S/C20H21N3O2/c24-19(14-17-16-8-4-5-9-18(16)21-20(17)25)23-12-10-22(11-13-23)15-6-2-1-3-7-15/h1-9,17H,10-14H2,(H,21,25). The Morgan fingerprint density at radius 2 is 1.64 bits per heavy atom. The van der Waals surface area contributed by atoms with Gasteiger partial charge in [-0.3, -0.25) is 9.59 Å². The van der Waals surface area contributed by atoms with Gasteiger partial charge < -0.3 is 15.1 Å². The summed E-state index contributed by atoms with van der Waals surface area (Å²) in [5.74, 6) is -0.377. The van der Waals surface area contributed by atoms with Gasteiger partial charge in [0.05, 0.1) is 5.92 Å². The van der Waals surface area contributed by atoms with E-state index in [-0.39, 0.29) is 24.2 Å². The van der Waals surface area contributed by atoms with Crippen LogP contribution in [-0.4, -0.2) is 42.9 Å². The number of rotatable bonds is 3. The van der Waals surface area contributed by atoms with Crippen molar-refractivity contribution in [2.45, 2.75) is 12.3 Å². The van der Waals surface area contributed by atoms with E-state index in [1.807, 2.05) is 47.4 Å². The van der Waals surface area contributed by atoms with Gasteiger partial charge in [-0.2, -0.15) is 0 Å². The summed E-state index contributed by atoms with van der Waals surface area (Å²) >= 11 is 0. The first kappa shape index (κ1) is 15.7. The average molecular weight is 335 g/mol. The maximum Gasteiger partial charge on any atom is 0.232 e. The van der Waals surface area contributed by atoms with E-state index in [2.05, 4.69) is 22.3 Å². The number of nitrogens with zero attached hydrogens (tertiary/aromatic N) is 2. The maximum atomic E-state index is 12.7. The Balaban J connectivity index is 1.38. The molecule has 5 heteroatoms. The molecule has 2 aromatic rings. The lowest BCUT2D eigenvalue weighted by atomic mass is 9.96. The van der Waals surface area contributed by atoms with Crippen LogP contribution < -0.4 is 10.2 Å². The predicted octanol–water partition coefficient (Wildman–Crippen LogP) is 2.46. The lowest BCUT2D eigenvalue weighted by molar-refractivity contribution is -0.133. The highest BCUT2D eigenvalue weighted by atomic mass is 16.2. The van der Waals surface area contributed by atoms with Crippen molar-refractivity contribution in [3.8, 4) is 0 Å². The zero-order valence-electron chi connectivity index (χ0n) is 14.0. The molecule has 2 heterocycles. The van der Waals surface area contributed by atoms with Gasteiger partial charge in [-0.15, -0.1) is 0 Å². The van der Waals surface area contributed by atoms with Gasteiger partial charge in [-0.05, 0) is 23.8 Å². The number of para-hydroxylation sites is 2. The molecule has 1 atom stereocenters. The number of amides is 2. The second kappa shape index (κ2) is 6.59. The number of carbonyl (C=O) groups excluding carboxylic acids is 2. The second-order valence-corrected chi connectivity index (χ2v) is 6.54. The van der Waals surface area contributed by atoms with Gasteiger partial charge in [-0.25, -0.2) is 0 Å². The van der Waals surface area contributed by atoms with Crippen LogP contribution >= 0.6 is 0 Å². The largest absolute Gasteiger partial charge is 0.368 e. The molecule has 25 heavy (non-hydrogen) atoms. The molecule has 1 unspecified atom stereocenters. The lowest BCUT2D eigenvalue weighted by Gasteiger charge is -2.36. The van der Waals surface area contributed by atoms with E-state index in [4.69, 9.17) is 0 Å². The molecular weight excluding hydrogens is 314 g/mol. The number of nitrogens with one attached hydrogen (secondary N) is 1. The number of anilines is 2. The number of piperazine rings is 1. The highest BCUT2D eigenvalue weighted by molar-refractivity contribution is 6.04. The first-order valence-electron chi connectivity index (χ1n) is 8.70. The van der Waals surface area contributed by atoms with Gasteiger partial charge in [0.1, 0.15) is 0 Å². The minimum atomic E-state index is -0.365. The highest BCUT2D eigenvalue weighted by Gasteiger charge is 2.33. The Morgan fingerprint density at radius 1 is 0.960 bits per heavy atom. The summed E-state index contributed by atoms with van der Waals surface area (Å²) in [6.07, 6.45) is 0.244. The van der Waals surface area contributed by atoms with E-state index in [1.54, 1.807) is 0 Å². The fraction of sp³-hybridized carbons (Fsp3) is 0.300. The van der Waals surface area contributed by atoms with Crippen molar-refractivity contribution in [1.82, 2.24) is 4.90 Å². The van der Waals surface area contributed by atoms with Crippen molar-refractivity contribution in [3.63, 3.8) is 0 Å². The Labute approximate surface area is 147 Å². The molecule has 0 radical (unpaired) electrons. The molecule has 0 spiro atoms. The van der Waals surface area contributed by atoms with Crippen LogP contribution in [0.3, 0.4) is 0 Å². The normalized spacial score (nSPS) is 19.5. The summed E-state index contributed by atoms with van der Waals surface area (Å²) in [5.41, 5.74) is 2.96. The Bertz CT molecular complexity index is 783. The monoisotopic (exact) mass is 335 g/mol. The van der Waals surface area contributed by atoms with Gasteiger partial charge in [0.15, 0.2) is 0 Å². The summed E-state index contributed by atoms with van der Waals surface area (Å²) in [6.45, 7) is 3.04. The van der Waals surface area contributed by atoms with Crippen LogP contribution in [0.15, 0.2) is 54.6 Å². The molecule has 2 aromatic carbocycles. The quantitative estimate of drug-likeness (QED) is 0.937. The van der Waals surface area contributed by atoms with Gasteiger partial charge in [0, 0.05) is 44.0 Å². The SMILES string of the molecule is O=C1Nc2ccccc2C1CC(=O)N1CCN(c2ccccc2)CC1. The second-order valence-electron chi connectivity index (χ2n) is 6.54. The van der Waals surface area contributed by atoms with Crippen molar-refractivity contribution in [1.29, 1.82) is 0 Å². The van der Waals surface area contributed by atoms with Crippen LogP contribution in [0.25, 0.3) is 0 Å². The summed E-state index contributed by atoms with van der Waals surface area (Å²) in [6, 6.07) is 17.9. The maximum absolute atomic E-state index is 12.7. The molecule has 0 bridgehead atoms. The van der Waals surface area contributed by atoms with Gasteiger partial charge in [-0.1, -0.05) is 36.4 Å². The van der Waals surface area contributed by atoms with Crippen molar-refractivity contribution in [2.75, 3.05) is 36.4 Å². The van der Waals surface area contributed by atoms with E-state index in [1.165, 1.54) is 5.69 Å². The van der Waals surface area contributed by atoms with Crippen molar-refractivity contribution in [2.24, 2.45) is 0 Å². The van der Waals surface area contributed by atoms with Crippen LogP contribution in [-0.2, 0) is 9.59 Å². The van der Waals surface area contributed by atoms with Crippen LogP contribution in [0.4, 0.5) is 11.4 Å².